The number of aldehydes is 1. The summed E-state index contributed by atoms with van der Waals surface area (Å²) in [6.45, 7) is 3.79. The Labute approximate surface area is 137 Å². The molecule has 0 spiro atoms. The fourth-order valence-corrected chi connectivity index (χ4v) is 2.60. The maximum atomic E-state index is 11.0. The lowest BCUT2D eigenvalue weighted by Gasteiger charge is -2.11. The number of carbonyl (C=O) groups is 1. The highest BCUT2D eigenvalue weighted by molar-refractivity contribution is 6.33. The first-order valence-corrected chi connectivity index (χ1v) is 8.28. The molecule has 0 saturated carbocycles. The van der Waals surface area contributed by atoms with Gasteiger partial charge in [-0.25, -0.2) is 0 Å². The highest BCUT2D eigenvalue weighted by Crippen LogP contribution is 2.40. The molecule has 0 aliphatic carbocycles. The van der Waals surface area contributed by atoms with E-state index in [4.69, 9.17) is 11.6 Å². The third-order valence-electron chi connectivity index (χ3n) is 3.83. The number of benzene rings is 1. The Kier molecular flexibility index (Phi) is 8.03. The predicted octanol–water partition coefficient (Wildman–Crippen LogP) is 5.64. The Morgan fingerprint density at radius 1 is 1.00 bits per heavy atom. The first-order valence-electron chi connectivity index (χ1n) is 7.90. The Bertz CT molecular complexity index is 536. The van der Waals surface area contributed by atoms with Gasteiger partial charge in [0.15, 0.2) is 6.29 Å². The van der Waals surface area contributed by atoms with Gasteiger partial charge in [0, 0.05) is 0 Å². The lowest BCUT2D eigenvalue weighted by atomic mass is 10.0. The molecule has 4 heteroatoms. The molecule has 0 atom stereocenters. The minimum Gasteiger partial charge on any atom is -0.506 e. The van der Waals surface area contributed by atoms with Crippen molar-refractivity contribution in [3.05, 3.63) is 27.8 Å². The monoisotopic (exact) mass is 324 g/mol. The number of allylic oxidation sites excluding steroid dienone is 1. The Morgan fingerprint density at radius 3 is 2.27 bits per heavy atom. The number of phenols is 2. The van der Waals surface area contributed by atoms with E-state index < -0.39 is 0 Å². The van der Waals surface area contributed by atoms with Gasteiger partial charge < -0.3 is 10.2 Å². The lowest BCUT2D eigenvalue weighted by molar-refractivity contribution is 0.112. The summed E-state index contributed by atoms with van der Waals surface area (Å²) in [6, 6.07) is 0. The molecule has 0 bridgehead atoms. The summed E-state index contributed by atoms with van der Waals surface area (Å²) in [7, 11) is 0. The number of halogens is 1. The average molecular weight is 325 g/mol. The molecule has 122 valence electrons. The van der Waals surface area contributed by atoms with Crippen molar-refractivity contribution in [2.45, 2.75) is 58.8 Å². The maximum Gasteiger partial charge on any atom is 0.154 e. The van der Waals surface area contributed by atoms with Crippen molar-refractivity contribution in [1.29, 1.82) is 0 Å². The maximum absolute atomic E-state index is 11.0. The molecule has 2 N–H and O–H groups in total. The van der Waals surface area contributed by atoms with Gasteiger partial charge in [0.05, 0.1) is 16.1 Å². The van der Waals surface area contributed by atoms with E-state index >= 15 is 0 Å². The van der Waals surface area contributed by atoms with Crippen LogP contribution in [0.3, 0.4) is 0 Å². The van der Waals surface area contributed by atoms with E-state index in [0.717, 1.165) is 12.8 Å². The third-order valence-corrected chi connectivity index (χ3v) is 4.30. The van der Waals surface area contributed by atoms with Crippen LogP contribution >= 0.6 is 11.6 Å². The molecule has 0 saturated heterocycles. The smallest absolute Gasteiger partial charge is 0.154 e. The number of hydrogen-bond donors (Lipinski definition) is 2. The number of carbonyl (C=O) groups excluding carboxylic acids is 1. The molecule has 0 aromatic heterocycles. The zero-order chi connectivity index (χ0) is 16.5. The van der Waals surface area contributed by atoms with E-state index in [1.165, 1.54) is 32.1 Å². The lowest BCUT2D eigenvalue weighted by Crippen LogP contribution is -1.93. The topological polar surface area (TPSA) is 57.5 Å². The normalized spacial score (nSPS) is 11.2. The van der Waals surface area contributed by atoms with Gasteiger partial charge in [-0.1, -0.05) is 62.8 Å². The Morgan fingerprint density at radius 2 is 1.64 bits per heavy atom. The second-order valence-electron chi connectivity index (χ2n) is 5.54. The molecule has 0 amide bonds. The molecule has 0 unspecified atom stereocenters. The molecule has 0 heterocycles. The molecule has 1 aromatic carbocycles. The van der Waals surface area contributed by atoms with E-state index in [0.29, 0.717) is 11.8 Å². The van der Waals surface area contributed by atoms with Gasteiger partial charge in [0.2, 0.25) is 0 Å². The van der Waals surface area contributed by atoms with Crippen LogP contribution in [0.4, 0.5) is 0 Å². The number of hydrogen-bond acceptors (Lipinski definition) is 3. The van der Waals surface area contributed by atoms with Crippen LogP contribution in [0.5, 0.6) is 11.5 Å². The van der Waals surface area contributed by atoms with E-state index in [2.05, 4.69) is 6.92 Å². The van der Waals surface area contributed by atoms with Gasteiger partial charge >= 0.3 is 0 Å². The van der Waals surface area contributed by atoms with Crippen molar-refractivity contribution in [3.63, 3.8) is 0 Å². The fourth-order valence-electron chi connectivity index (χ4n) is 2.39. The number of rotatable bonds is 9. The van der Waals surface area contributed by atoms with Gasteiger partial charge in [-0.05, 0) is 25.3 Å². The SMILES string of the molecule is CCCCCCCC/C=C/c1c(O)c(Cl)c(C)c(C=O)c1O. The average Bonchev–Trinajstić information content (AvgIpc) is 2.51. The molecule has 0 radical (unpaired) electrons. The molecular formula is C18H25ClO3. The summed E-state index contributed by atoms with van der Waals surface area (Å²) in [5.41, 5.74) is 0.727. The highest BCUT2D eigenvalue weighted by atomic mass is 35.5. The summed E-state index contributed by atoms with van der Waals surface area (Å²) >= 11 is 6.00. The van der Waals surface area contributed by atoms with Crippen molar-refractivity contribution in [2.24, 2.45) is 0 Å². The van der Waals surface area contributed by atoms with E-state index in [-0.39, 0.29) is 27.6 Å². The number of aromatic hydroxyl groups is 2. The second-order valence-corrected chi connectivity index (χ2v) is 5.92. The van der Waals surface area contributed by atoms with Crippen LogP contribution in [0.25, 0.3) is 6.08 Å². The van der Waals surface area contributed by atoms with Gasteiger partial charge in [-0.2, -0.15) is 0 Å². The van der Waals surface area contributed by atoms with Crippen LogP contribution in [-0.4, -0.2) is 16.5 Å². The number of unbranched alkanes of at least 4 members (excludes halogenated alkanes) is 6. The van der Waals surface area contributed by atoms with Crippen molar-refractivity contribution < 1.29 is 15.0 Å². The summed E-state index contributed by atoms with van der Waals surface area (Å²) < 4.78 is 0. The first kappa shape index (κ1) is 18.6. The predicted molar refractivity (Wildman–Crippen MR) is 91.9 cm³/mol. The second kappa shape index (κ2) is 9.52. The van der Waals surface area contributed by atoms with Gasteiger partial charge in [-0.15, -0.1) is 0 Å². The van der Waals surface area contributed by atoms with Crippen LogP contribution in [0.15, 0.2) is 6.08 Å². The van der Waals surface area contributed by atoms with Crippen molar-refractivity contribution in [1.82, 2.24) is 0 Å². The van der Waals surface area contributed by atoms with E-state index in [1.54, 1.807) is 13.0 Å². The van der Waals surface area contributed by atoms with Crippen LogP contribution < -0.4 is 0 Å². The van der Waals surface area contributed by atoms with Crippen molar-refractivity contribution >= 4 is 24.0 Å². The van der Waals surface area contributed by atoms with Crippen LogP contribution in [-0.2, 0) is 0 Å². The number of phenolic OH excluding ortho intramolecular Hbond substituents is 2. The summed E-state index contributed by atoms with van der Waals surface area (Å²) in [5, 5.41) is 20.2. The molecule has 0 aliphatic heterocycles. The molecule has 0 aliphatic rings. The Hall–Kier alpha value is -1.48. The first-order chi connectivity index (χ1) is 10.5. The van der Waals surface area contributed by atoms with Gasteiger partial charge in [0.1, 0.15) is 11.5 Å². The van der Waals surface area contributed by atoms with Gasteiger partial charge in [-0.3, -0.25) is 4.79 Å². The van der Waals surface area contributed by atoms with Crippen LogP contribution in [0.1, 0.15) is 73.4 Å². The third kappa shape index (κ3) is 4.77. The Balaban J connectivity index is 2.67. The fraction of sp³-hybridized carbons (Fsp3) is 0.500. The minimum atomic E-state index is -0.214. The minimum absolute atomic E-state index is 0.110. The molecule has 1 rings (SSSR count). The molecule has 0 fully saturated rings. The molecule has 3 nitrogen and oxygen atoms in total. The van der Waals surface area contributed by atoms with Crippen LogP contribution in [0.2, 0.25) is 5.02 Å². The molecular weight excluding hydrogens is 300 g/mol. The molecule has 22 heavy (non-hydrogen) atoms. The van der Waals surface area contributed by atoms with Crippen molar-refractivity contribution in [3.8, 4) is 11.5 Å². The largest absolute Gasteiger partial charge is 0.506 e. The zero-order valence-electron chi connectivity index (χ0n) is 13.4. The molecule has 1 aromatic rings. The van der Waals surface area contributed by atoms with Crippen LogP contribution in [0, 0.1) is 6.92 Å². The highest BCUT2D eigenvalue weighted by Gasteiger charge is 2.18. The zero-order valence-corrected chi connectivity index (χ0v) is 14.1. The van der Waals surface area contributed by atoms with E-state index in [9.17, 15) is 15.0 Å². The van der Waals surface area contributed by atoms with E-state index in [1.807, 2.05) is 6.08 Å². The summed E-state index contributed by atoms with van der Waals surface area (Å²) in [6.07, 6.45) is 12.2. The van der Waals surface area contributed by atoms with Gasteiger partial charge in [0.25, 0.3) is 0 Å². The summed E-state index contributed by atoms with van der Waals surface area (Å²) in [4.78, 5) is 11.0. The quantitative estimate of drug-likeness (QED) is 0.456. The van der Waals surface area contributed by atoms with Crippen molar-refractivity contribution in [2.75, 3.05) is 0 Å². The standard InChI is InChI=1S/C18H25ClO3/c1-3-4-5-6-7-8-9-10-11-14-17(21)15(12-20)13(2)16(19)18(14)22/h10-12,21-22H,3-9H2,1-2H3/b11-10+. The summed E-state index contributed by atoms with van der Waals surface area (Å²) in [5.74, 6) is -0.393.